The smallest absolute Gasteiger partial charge is 0.269 e. The van der Waals surface area contributed by atoms with Crippen LogP contribution in [0.2, 0.25) is 0 Å². The van der Waals surface area contributed by atoms with E-state index < -0.39 is 0 Å². The number of hydrogen-bond donors (Lipinski definition) is 1. The number of amides is 1. The van der Waals surface area contributed by atoms with Crippen molar-refractivity contribution in [2.75, 3.05) is 26.2 Å². The summed E-state index contributed by atoms with van der Waals surface area (Å²) in [6.07, 6.45) is 6.69. The lowest BCUT2D eigenvalue weighted by Gasteiger charge is -2.28. The largest absolute Gasteiger partial charge is 0.494 e. The Kier molecular flexibility index (Phi) is 6.19. The Morgan fingerprint density at radius 2 is 1.86 bits per heavy atom. The first-order valence-corrected chi connectivity index (χ1v) is 11.0. The maximum absolute atomic E-state index is 13.1. The van der Waals surface area contributed by atoms with E-state index in [0.29, 0.717) is 13.2 Å². The van der Waals surface area contributed by atoms with E-state index in [1.807, 2.05) is 26.1 Å². The number of fused-ring (bicyclic) bond motifs is 1. The van der Waals surface area contributed by atoms with Crippen LogP contribution in [0.15, 0.2) is 24.3 Å². The molecule has 4 rings (SSSR count). The molecule has 1 N–H and O–H groups in total. The fraction of sp³-hybridized carbons (Fsp3) is 0.565. The average molecular weight is 397 g/mol. The first-order chi connectivity index (χ1) is 14.2. The molecule has 1 aliphatic carbocycles. The van der Waals surface area contributed by atoms with Gasteiger partial charge in [-0.2, -0.15) is 5.10 Å². The lowest BCUT2D eigenvalue weighted by Crippen LogP contribution is -2.37. The van der Waals surface area contributed by atoms with Crippen LogP contribution >= 0.6 is 0 Å². The summed E-state index contributed by atoms with van der Waals surface area (Å²) in [7, 11) is 1.89. The van der Waals surface area contributed by atoms with Crippen molar-refractivity contribution in [2.45, 2.75) is 51.5 Å². The normalized spacial score (nSPS) is 17.7. The summed E-state index contributed by atoms with van der Waals surface area (Å²) in [5.41, 5.74) is 4.22. The summed E-state index contributed by atoms with van der Waals surface area (Å²) >= 11 is 0. The van der Waals surface area contributed by atoms with E-state index in [2.05, 4.69) is 27.4 Å². The SMILES string of the molecule is CCOc1ccc(C(CNC(=O)c2c3c(nn2C)CCCC3)N2CCCC2)cc1. The number of hydrogen-bond acceptors (Lipinski definition) is 4. The van der Waals surface area contributed by atoms with Crippen molar-refractivity contribution in [3.8, 4) is 5.75 Å². The van der Waals surface area contributed by atoms with Gasteiger partial charge in [0, 0.05) is 19.2 Å². The molecule has 2 aliphatic rings. The Balaban J connectivity index is 1.50. The lowest BCUT2D eigenvalue weighted by molar-refractivity contribution is 0.0927. The maximum Gasteiger partial charge on any atom is 0.269 e. The van der Waals surface area contributed by atoms with E-state index >= 15 is 0 Å². The highest BCUT2D eigenvalue weighted by Gasteiger charge is 2.27. The summed E-state index contributed by atoms with van der Waals surface area (Å²) < 4.78 is 7.36. The van der Waals surface area contributed by atoms with Gasteiger partial charge in [-0.15, -0.1) is 0 Å². The van der Waals surface area contributed by atoms with Gasteiger partial charge in [-0.1, -0.05) is 12.1 Å². The third-order valence-electron chi connectivity index (χ3n) is 6.15. The maximum atomic E-state index is 13.1. The van der Waals surface area contributed by atoms with Gasteiger partial charge in [-0.3, -0.25) is 14.4 Å². The van der Waals surface area contributed by atoms with Gasteiger partial charge in [0.1, 0.15) is 11.4 Å². The molecule has 1 aliphatic heterocycles. The van der Waals surface area contributed by atoms with E-state index in [9.17, 15) is 4.79 Å². The Morgan fingerprint density at radius 3 is 2.59 bits per heavy atom. The molecular weight excluding hydrogens is 364 g/mol. The van der Waals surface area contributed by atoms with Gasteiger partial charge in [-0.25, -0.2) is 0 Å². The van der Waals surface area contributed by atoms with Crippen LogP contribution in [-0.4, -0.2) is 46.8 Å². The Bertz CT molecular complexity index is 837. The monoisotopic (exact) mass is 396 g/mol. The molecule has 6 heteroatoms. The van der Waals surface area contributed by atoms with Crippen LogP contribution in [0.1, 0.15) is 66.0 Å². The number of ether oxygens (including phenoxy) is 1. The Morgan fingerprint density at radius 1 is 1.14 bits per heavy atom. The first kappa shape index (κ1) is 20.0. The average Bonchev–Trinajstić information content (AvgIpc) is 3.36. The summed E-state index contributed by atoms with van der Waals surface area (Å²) in [4.78, 5) is 15.6. The second-order valence-electron chi connectivity index (χ2n) is 8.08. The number of nitrogens with one attached hydrogen (secondary N) is 1. The molecule has 1 aromatic heterocycles. The van der Waals surface area contributed by atoms with Crippen molar-refractivity contribution >= 4 is 5.91 Å². The topological polar surface area (TPSA) is 59.4 Å². The molecule has 1 saturated heterocycles. The molecule has 1 unspecified atom stereocenters. The molecule has 156 valence electrons. The molecule has 1 atom stereocenters. The summed E-state index contributed by atoms with van der Waals surface area (Å²) in [5.74, 6) is 0.889. The number of aromatic nitrogens is 2. The highest BCUT2D eigenvalue weighted by Crippen LogP contribution is 2.27. The second kappa shape index (κ2) is 8.99. The molecule has 29 heavy (non-hydrogen) atoms. The summed E-state index contributed by atoms with van der Waals surface area (Å²) in [5, 5.41) is 7.81. The number of likely N-dealkylation sites (tertiary alicyclic amines) is 1. The number of carbonyl (C=O) groups is 1. The number of nitrogens with zero attached hydrogens (tertiary/aromatic N) is 3. The van der Waals surface area contributed by atoms with Gasteiger partial charge >= 0.3 is 0 Å². The van der Waals surface area contributed by atoms with Gasteiger partial charge in [0.25, 0.3) is 5.91 Å². The van der Waals surface area contributed by atoms with E-state index in [1.54, 1.807) is 4.68 Å². The number of benzene rings is 1. The number of carbonyl (C=O) groups excluding carboxylic acids is 1. The zero-order chi connectivity index (χ0) is 20.2. The first-order valence-electron chi connectivity index (χ1n) is 11.0. The van der Waals surface area contributed by atoms with Crippen LogP contribution in [0.25, 0.3) is 0 Å². The highest BCUT2D eigenvalue weighted by molar-refractivity contribution is 5.94. The van der Waals surface area contributed by atoms with Crippen molar-refractivity contribution in [2.24, 2.45) is 7.05 Å². The van der Waals surface area contributed by atoms with Crippen molar-refractivity contribution in [3.05, 3.63) is 46.8 Å². The molecule has 2 heterocycles. The van der Waals surface area contributed by atoms with Crippen LogP contribution in [0.4, 0.5) is 0 Å². The second-order valence-corrected chi connectivity index (χ2v) is 8.08. The Labute approximate surface area is 173 Å². The summed E-state index contributed by atoms with van der Waals surface area (Å²) in [6, 6.07) is 8.50. The standard InChI is InChI=1S/C23H32N4O2/c1-3-29-18-12-10-17(11-13-18)21(27-14-6-7-15-27)16-24-23(28)22-19-8-4-5-9-20(19)25-26(22)2/h10-13,21H,3-9,14-16H2,1-2H3,(H,24,28). The van der Waals surface area contributed by atoms with Crippen molar-refractivity contribution < 1.29 is 9.53 Å². The van der Waals surface area contributed by atoms with Crippen LogP contribution in [0.5, 0.6) is 5.75 Å². The molecule has 0 bridgehead atoms. The fourth-order valence-electron chi connectivity index (χ4n) is 4.70. The molecule has 6 nitrogen and oxygen atoms in total. The van der Waals surface area contributed by atoms with Crippen molar-refractivity contribution in [1.29, 1.82) is 0 Å². The molecule has 1 fully saturated rings. The van der Waals surface area contributed by atoms with Crippen LogP contribution in [0, 0.1) is 0 Å². The number of rotatable bonds is 7. The number of aryl methyl sites for hydroxylation is 2. The third kappa shape index (κ3) is 4.32. The van der Waals surface area contributed by atoms with E-state index in [1.165, 1.54) is 24.8 Å². The zero-order valence-corrected chi connectivity index (χ0v) is 17.6. The highest BCUT2D eigenvalue weighted by atomic mass is 16.5. The molecule has 1 aromatic carbocycles. The minimum Gasteiger partial charge on any atom is -0.494 e. The molecular formula is C23H32N4O2. The molecule has 1 amide bonds. The van der Waals surface area contributed by atoms with Gasteiger partial charge in [0.15, 0.2) is 0 Å². The minimum atomic E-state index is -0.00159. The fourth-order valence-corrected chi connectivity index (χ4v) is 4.70. The van der Waals surface area contributed by atoms with Crippen LogP contribution < -0.4 is 10.1 Å². The molecule has 0 radical (unpaired) electrons. The van der Waals surface area contributed by atoms with Crippen LogP contribution in [0.3, 0.4) is 0 Å². The Hall–Kier alpha value is -2.34. The summed E-state index contributed by atoms with van der Waals surface area (Å²) in [6.45, 7) is 5.42. The van der Waals surface area contributed by atoms with Crippen molar-refractivity contribution in [1.82, 2.24) is 20.0 Å². The predicted molar refractivity (Wildman–Crippen MR) is 113 cm³/mol. The van der Waals surface area contributed by atoms with Gasteiger partial charge in [0.05, 0.1) is 18.3 Å². The van der Waals surface area contributed by atoms with Gasteiger partial charge in [0.2, 0.25) is 0 Å². The van der Waals surface area contributed by atoms with Gasteiger partial charge in [-0.05, 0) is 76.2 Å². The minimum absolute atomic E-state index is 0.00159. The quantitative estimate of drug-likeness (QED) is 0.780. The molecule has 2 aromatic rings. The molecule has 0 spiro atoms. The van der Waals surface area contributed by atoms with E-state index in [-0.39, 0.29) is 11.9 Å². The van der Waals surface area contributed by atoms with Crippen molar-refractivity contribution in [3.63, 3.8) is 0 Å². The van der Waals surface area contributed by atoms with Crippen LogP contribution in [-0.2, 0) is 19.9 Å². The lowest BCUT2D eigenvalue weighted by atomic mass is 9.95. The zero-order valence-electron chi connectivity index (χ0n) is 17.6. The van der Waals surface area contributed by atoms with E-state index in [4.69, 9.17) is 4.74 Å². The predicted octanol–water partition coefficient (Wildman–Crippen LogP) is 3.26. The van der Waals surface area contributed by atoms with E-state index in [0.717, 1.165) is 55.1 Å². The third-order valence-corrected chi connectivity index (χ3v) is 6.15. The van der Waals surface area contributed by atoms with Gasteiger partial charge < -0.3 is 10.1 Å². The molecule has 0 saturated carbocycles.